The fourth-order valence-electron chi connectivity index (χ4n) is 6.75. The van der Waals surface area contributed by atoms with Gasteiger partial charge in [-0.05, 0) is 42.9 Å². The van der Waals surface area contributed by atoms with Crippen LogP contribution < -0.4 is 9.80 Å². The molecule has 3 fully saturated rings. The van der Waals surface area contributed by atoms with Gasteiger partial charge in [0.25, 0.3) is 11.7 Å². The molecule has 0 unspecified atom stereocenters. The van der Waals surface area contributed by atoms with Crippen LogP contribution in [0.2, 0.25) is 0 Å². The lowest BCUT2D eigenvalue weighted by Gasteiger charge is -2.45. The van der Waals surface area contributed by atoms with E-state index in [-0.39, 0.29) is 11.3 Å². The minimum Gasteiger partial charge on any atom is -0.369 e. The number of carbonyl (C=O) groups is 1. The molecule has 0 radical (unpaired) electrons. The Hall–Kier alpha value is -2.67. The first-order valence-electron chi connectivity index (χ1n) is 12.6. The number of hydrogen-bond donors (Lipinski definition) is 0. The number of ether oxygens (including phenoxy) is 2. The molecule has 1 amide bonds. The van der Waals surface area contributed by atoms with Crippen LogP contribution >= 0.6 is 0 Å². The van der Waals surface area contributed by atoms with E-state index >= 15 is 0 Å². The van der Waals surface area contributed by atoms with Crippen molar-refractivity contribution in [3.63, 3.8) is 0 Å². The quantitative estimate of drug-likeness (QED) is 0.659. The minimum atomic E-state index is -1.29. The maximum Gasteiger partial charge on any atom is 0.293 e. The molecule has 2 aromatic carbocycles. The summed E-state index contributed by atoms with van der Waals surface area (Å²) in [7, 11) is 0. The van der Waals surface area contributed by atoms with Gasteiger partial charge in [-0.1, -0.05) is 48.6 Å². The molecule has 2 saturated heterocycles. The lowest BCUT2D eigenvalue weighted by Crippen LogP contribution is -2.56. The summed E-state index contributed by atoms with van der Waals surface area (Å²) < 4.78 is 13.0. The van der Waals surface area contributed by atoms with Gasteiger partial charge in [-0.2, -0.15) is 0 Å². The molecule has 7 rings (SSSR count). The highest BCUT2D eigenvalue weighted by atomic mass is 16.7. The molecule has 2 atom stereocenters. The molecule has 6 heteroatoms. The Kier molecular flexibility index (Phi) is 4.66. The molecule has 3 aliphatic heterocycles. The minimum absolute atomic E-state index is 0.0288. The van der Waals surface area contributed by atoms with Gasteiger partial charge in [0.1, 0.15) is 0 Å². The van der Waals surface area contributed by atoms with Crippen LogP contribution in [0, 0.1) is 17.3 Å². The number of amides is 1. The molecule has 3 heterocycles. The van der Waals surface area contributed by atoms with Gasteiger partial charge in [-0.25, -0.2) is 0 Å². The van der Waals surface area contributed by atoms with Crippen molar-refractivity contribution in [3.05, 3.63) is 72.3 Å². The first-order valence-corrected chi connectivity index (χ1v) is 12.6. The molecule has 6 nitrogen and oxygen atoms in total. The molecule has 5 aliphatic rings. The smallest absolute Gasteiger partial charge is 0.293 e. The molecule has 2 aliphatic carbocycles. The number of nitrogens with zero attached hydrogens (tertiary/aromatic N) is 3. The zero-order chi connectivity index (χ0) is 22.8. The van der Waals surface area contributed by atoms with Crippen molar-refractivity contribution in [2.24, 2.45) is 17.3 Å². The van der Waals surface area contributed by atoms with E-state index in [2.05, 4.69) is 52.3 Å². The van der Waals surface area contributed by atoms with Crippen LogP contribution in [0.5, 0.6) is 0 Å². The van der Waals surface area contributed by atoms with Gasteiger partial charge in [0.05, 0.1) is 25.6 Å². The first kappa shape index (κ1) is 20.7. The number of rotatable bonds is 3. The Morgan fingerprint density at radius 3 is 2.32 bits per heavy atom. The summed E-state index contributed by atoms with van der Waals surface area (Å²) in [5.41, 5.74) is 3.07. The van der Waals surface area contributed by atoms with Gasteiger partial charge in [0.15, 0.2) is 0 Å². The number of piperazine rings is 1. The summed E-state index contributed by atoms with van der Waals surface area (Å²) >= 11 is 0. The van der Waals surface area contributed by atoms with E-state index in [1.807, 2.05) is 29.2 Å². The van der Waals surface area contributed by atoms with Crippen LogP contribution in [0.15, 0.2) is 66.7 Å². The Morgan fingerprint density at radius 2 is 1.62 bits per heavy atom. The van der Waals surface area contributed by atoms with Crippen molar-refractivity contribution in [3.8, 4) is 0 Å². The van der Waals surface area contributed by atoms with E-state index in [1.165, 1.54) is 12.1 Å². The standard InChI is InChI=1S/C28H31N3O3/c32-26-28(33-18-27(19-34-28)17-21-10-11-22(27)16-21)24-8-4-5-9-25(24)31(26)20-29-12-14-30(15-13-29)23-6-2-1-3-7-23/h1-11,21-22H,12-20H2/t21-,22-,27?,28?/m0/s1. The number of benzene rings is 2. The Labute approximate surface area is 200 Å². The topological polar surface area (TPSA) is 45.3 Å². The van der Waals surface area contributed by atoms with Gasteiger partial charge in [0, 0.05) is 42.8 Å². The molecule has 2 bridgehead atoms. The summed E-state index contributed by atoms with van der Waals surface area (Å²) in [5, 5.41) is 0. The number of fused-ring (bicyclic) bond motifs is 5. The second-order valence-electron chi connectivity index (χ2n) is 10.6. The summed E-state index contributed by atoms with van der Waals surface area (Å²) in [5.74, 6) is -0.214. The molecule has 0 N–H and O–H groups in total. The van der Waals surface area contributed by atoms with Crippen LogP contribution in [0.3, 0.4) is 0 Å². The largest absolute Gasteiger partial charge is 0.369 e. The van der Waals surface area contributed by atoms with Gasteiger partial charge in [-0.15, -0.1) is 0 Å². The van der Waals surface area contributed by atoms with Crippen molar-refractivity contribution in [2.45, 2.75) is 18.6 Å². The SMILES string of the molecule is O=C1N(CN2CCN(c3ccccc3)CC2)c2ccccc2C12OCC1(CO2)C[C@H]2C=C[C@H]1C2. The van der Waals surface area contributed by atoms with Crippen molar-refractivity contribution in [1.82, 2.24) is 4.90 Å². The van der Waals surface area contributed by atoms with Crippen LogP contribution in [-0.4, -0.2) is 56.9 Å². The lowest BCUT2D eigenvalue weighted by atomic mass is 9.76. The van der Waals surface area contributed by atoms with Gasteiger partial charge >= 0.3 is 0 Å². The monoisotopic (exact) mass is 457 g/mol. The zero-order valence-corrected chi connectivity index (χ0v) is 19.4. The van der Waals surface area contributed by atoms with Crippen LogP contribution in [0.1, 0.15) is 18.4 Å². The van der Waals surface area contributed by atoms with E-state index < -0.39 is 5.79 Å². The second-order valence-corrected chi connectivity index (χ2v) is 10.6. The molecule has 2 spiro atoms. The highest BCUT2D eigenvalue weighted by molar-refractivity contribution is 6.06. The van der Waals surface area contributed by atoms with Gasteiger partial charge < -0.3 is 14.4 Å². The molecule has 2 aromatic rings. The number of allylic oxidation sites excluding steroid dienone is 2. The highest BCUT2D eigenvalue weighted by Crippen LogP contribution is 2.57. The number of anilines is 2. The van der Waals surface area contributed by atoms with Gasteiger partial charge in [-0.3, -0.25) is 14.6 Å². The van der Waals surface area contributed by atoms with E-state index in [9.17, 15) is 4.79 Å². The van der Waals surface area contributed by atoms with Crippen molar-refractivity contribution >= 4 is 17.3 Å². The second kappa shape index (κ2) is 7.67. The molecule has 0 aromatic heterocycles. The van der Waals surface area contributed by atoms with Crippen molar-refractivity contribution in [2.75, 3.05) is 55.9 Å². The molecule has 176 valence electrons. The Bertz CT molecular complexity index is 1120. The van der Waals surface area contributed by atoms with E-state index in [4.69, 9.17) is 9.47 Å². The summed E-state index contributed by atoms with van der Waals surface area (Å²) in [6.45, 7) is 5.45. The first-order chi connectivity index (χ1) is 16.7. The van der Waals surface area contributed by atoms with Crippen LogP contribution in [0.25, 0.3) is 0 Å². The summed E-state index contributed by atoms with van der Waals surface area (Å²) in [4.78, 5) is 20.5. The maximum atomic E-state index is 13.9. The fraction of sp³-hybridized carbons (Fsp3) is 0.464. The molecule has 34 heavy (non-hydrogen) atoms. The van der Waals surface area contributed by atoms with Crippen molar-refractivity contribution in [1.29, 1.82) is 0 Å². The predicted octanol–water partition coefficient (Wildman–Crippen LogP) is 3.59. The summed E-state index contributed by atoms with van der Waals surface area (Å²) in [6.07, 6.45) is 6.99. The normalized spacial score (nSPS) is 34.5. The zero-order valence-electron chi connectivity index (χ0n) is 19.4. The van der Waals surface area contributed by atoms with E-state index in [0.29, 0.717) is 31.7 Å². The van der Waals surface area contributed by atoms with Gasteiger partial charge in [0.2, 0.25) is 0 Å². The molecule has 1 saturated carbocycles. The highest BCUT2D eigenvalue weighted by Gasteiger charge is 2.61. The molecular weight excluding hydrogens is 426 g/mol. The third-order valence-electron chi connectivity index (χ3n) is 8.66. The average Bonchev–Trinajstić information content (AvgIpc) is 3.55. The van der Waals surface area contributed by atoms with Crippen LogP contribution in [-0.2, 0) is 20.1 Å². The maximum absolute atomic E-state index is 13.9. The Balaban J connectivity index is 1.08. The average molecular weight is 458 g/mol. The lowest BCUT2D eigenvalue weighted by molar-refractivity contribution is -0.295. The third kappa shape index (κ3) is 3.02. The summed E-state index contributed by atoms with van der Waals surface area (Å²) in [6, 6.07) is 18.6. The fourth-order valence-corrected chi connectivity index (χ4v) is 6.75. The Morgan fingerprint density at radius 1 is 0.882 bits per heavy atom. The molecular formula is C28H31N3O3. The van der Waals surface area contributed by atoms with E-state index in [1.54, 1.807) is 0 Å². The third-order valence-corrected chi connectivity index (χ3v) is 8.66. The predicted molar refractivity (Wildman–Crippen MR) is 130 cm³/mol. The van der Waals surface area contributed by atoms with Crippen molar-refractivity contribution < 1.29 is 14.3 Å². The van der Waals surface area contributed by atoms with E-state index in [0.717, 1.165) is 43.9 Å². The van der Waals surface area contributed by atoms with Crippen LogP contribution in [0.4, 0.5) is 11.4 Å². The number of carbonyl (C=O) groups excluding carboxylic acids is 1. The number of hydrogen-bond acceptors (Lipinski definition) is 5. The number of para-hydroxylation sites is 2.